The fourth-order valence-electron chi connectivity index (χ4n) is 5.38. The summed E-state index contributed by atoms with van der Waals surface area (Å²) < 4.78 is 15.5. The first-order valence-corrected chi connectivity index (χ1v) is 22.3. The van der Waals surface area contributed by atoms with Crippen LogP contribution in [0.2, 0.25) is 0 Å². The molecule has 0 radical (unpaired) electrons. The van der Waals surface area contributed by atoms with Crippen molar-refractivity contribution in [3.63, 3.8) is 0 Å². The van der Waals surface area contributed by atoms with Crippen molar-refractivity contribution in [2.24, 2.45) is 0 Å². The van der Waals surface area contributed by atoms with Crippen LogP contribution in [0, 0.1) is 0 Å². The number of aliphatic hydroxyl groups is 1. The highest BCUT2D eigenvalue weighted by molar-refractivity contribution is 5.74. The molecule has 0 aromatic carbocycles. The summed E-state index contributed by atoms with van der Waals surface area (Å²) in [5.41, 5.74) is 0. The van der Waals surface area contributed by atoms with Gasteiger partial charge in [0.15, 0.2) is 0 Å². The lowest BCUT2D eigenvalue weighted by Crippen LogP contribution is -2.36. The molecular weight excluding hydrogens is 729 g/mol. The first-order valence-electron chi connectivity index (χ1n) is 22.3. The molecule has 0 rings (SSSR count). The Hall–Kier alpha value is -3.16. The molecule has 0 saturated carbocycles. The molecule has 334 valence electrons. The molecule has 0 atom stereocenters. The Balaban J connectivity index is 0. The smallest absolute Gasteiger partial charge is 0.314 e. The van der Waals surface area contributed by atoms with Gasteiger partial charge in [0.05, 0.1) is 33.0 Å². The molecule has 4 amide bonds. The molecule has 0 bridgehead atoms. The maximum absolute atomic E-state index is 11.6. The van der Waals surface area contributed by atoms with Gasteiger partial charge >= 0.3 is 24.0 Å². The molecule has 0 aliphatic carbocycles. The van der Waals surface area contributed by atoms with Crippen molar-refractivity contribution in [3.05, 3.63) is 24.3 Å². The van der Waals surface area contributed by atoms with E-state index < -0.39 is 5.97 Å². The van der Waals surface area contributed by atoms with E-state index in [1.54, 1.807) is 0 Å². The topological polar surface area (TPSA) is 185 Å². The Labute approximate surface area is 346 Å². The predicted molar refractivity (Wildman–Crippen MR) is 231 cm³/mol. The lowest BCUT2D eigenvalue weighted by atomic mass is 10.1. The standard InChI is InChI=1S/C25H48N2O6.C19H36N2O3/c1-2-3-13-16-26-25(30)27-17-14-11-9-7-5-4-6-8-10-12-15-24(29)33-23-22-32-21-20-31-19-18-28;1-2-3-13-16-20-19(24)21-17-14-11-9-7-5-4-6-8-10-12-15-18(22)23/h5,7,28H,2-4,6,8-23H2,1H3,(H2,26,27,30);5,7H,2-4,6,8-17H2,1H3,(H,22,23)(H2,20,21,24)/b2*7-5-. The average molecular weight is 813 g/mol. The van der Waals surface area contributed by atoms with Gasteiger partial charge in [-0.3, -0.25) is 9.59 Å². The van der Waals surface area contributed by atoms with Crippen molar-refractivity contribution in [2.45, 2.75) is 168 Å². The Kier molecular flexibility index (Phi) is 48.1. The number of aliphatic carboxylic acids is 1. The van der Waals surface area contributed by atoms with E-state index in [0.29, 0.717) is 39.3 Å². The fourth-order valence-corrected chi connectivity index (χ4v) is 5.38. The van der Waals surface area contributed by atoms with Crippen LogP contribution in [0.4, 0.5) is 9.59 Å². The van der Waals surface area contributed by atoms with E-state index in [4.69, 9.17) is 24.4 Å². The van der Waals surface area contributed by atoms with Gasteiger partial charge in [-0.1, -0.05) is 89.5 Å². The van der Waals surface area contributed by atoms with Crippen LogP contribution in [-0.2, 0) is 23.8 Å². The first kappa shape index (κ1) is 55.9. The second-order valence-corrected chi connectivity index (χ2v) is 14.2. The van der Waals surface area contributed by atoms with Gasteiger partial charge in [0.2, 0.25) is 0 Å². The molecule has 0 heterocycles. The zero-order valence-electron chi connectivity index (χ0n) is 36.1. The van der Waals surface area contributed by atoms with Gasteiger partial charge < -0.3 is 45.7 Å². The molecule has 0 spiro atoms. The predicted octanol–water partition coefficient (Wildman–Crippen LogP) is 8.74. The van der Waals surface area contributed by atoms with Crippen molar-refractivity contribution in [1.82, 2.24) is 21.3 Å². The maximum atomic E-state index is 11.6. The number of carboxylic acids is 1. The summed E-state index contributed by atoms with van der Waals surface area (Å²) in [5, 5.41) is 28.6. The monoisotopic (exact) mass is 813 g/mol. The highest BCUT2D eigenvalue weighted by Gasteiger charge is 2.03. The number of urea groups is 2. The van der Waals surface area contributed by atoms with Crippen molar-refractivity contribution >= 4 is 24.0 Å². The zero-order chi connectivity index (χ0) is 42.1. The van der Waals surface area contributed by atoms with Crippen LogP contribution >= 0.6 is 0 Å². The molecule has 0 fully saturated rings. The summed E-state index contributed by atoms with van der Waals surface area (Å²) >= 11 is 0. The molecule has 13 nitrogen and oxygen atoms in total. The highest BCUT2D eigenvalue weighted by atomic mass is 16.6. The van der Waals surface area contributed by atoms with Gasteiger partial charge in [-0.05, 0) is 89.9 Å². The fraction of sp³-hybridized carbons (Fsp3) is 0.818. The zero-order valence-corrected chi connectivity index (χ0v) is 36.1. The van der Waals surface area contributed by atoms with E-state index in [1.165, 1.54) is 6.42 Å². The molecule has 57 heavy (non-hydrogen) atoms. The van der Waals surface area contributed by atoms with E-state index in [-0.39, 0.29) is 31.2 Å². The second-order valence-electron chi connectivity index (χ2n) is 14.2. The third-order valence-electron chi connectivity index (χ3n) is 8.74. The van der Waals surface area contributed by atoms with Gasteiger partial charge in [0.25, 0.3) is 0 Å². The number of allylic oxidation sites excluding steroid dienone is 4. The molecule has 0 unspecified atom stereocenters. The van der Waals surface area contributed by atoms with E-state index in [2.05, 4.69) is 59.4 Å². The number of esters is 1. The summed E-state index contributed by atoms with van der Waals surface area (Å²) in [6, 6.07) is -0.106. The van der Waals surface area contributed by atoms with Crippen LogP contribution in [0.5, 0.6) is 0 Å². The van der Waals surface area contributed by atoms with Crippen LogP contribution in [0.25, 0.3) is 0 Å². The van der Waals surface area contributed by atoms with Crippen molar-refractivity contribution in [1.29, 1.82) is 0 Å². The Morgan fingerprint density at radius 3 is 1.25 bits per heavy atom. The van der Waals surface area contributed by atoms with Crippen LogP contribution in [-0.4, -0.2) is 100 Å². The third-order valence-corrected chi connectivity index (χ3v) is 8.74. The minimum absolute atomic E-state index is 0.00900. The van der Waals surface area contributed by atoms with Crippen LogP contribution in [0.3, 0.4) is 0 Å². The number of hydrogen-bond acceptors (Lipinski definition) is 8. The van der Waals surface area contributed by atoms with Gasteiger partial charge in [0, 0.05) is 39.0 Å². The van der Waals surface area contributed by atoms with E-state index in [9.17, 15) is 19.2 Å². The summed E-state index contributed by atoms with van der Waals surface area (Å²) in [7, 11) is 0. The summed E-state index contributed by atoms with van der Waals surface area (Å²) in [4.78, 5) is 45.0. The number of ether oxygens (including phenoxy) is 3. The Bertz CT molecular complexity index is 966. The number of nitrogens with one attached hydrogen (secondary N) is 4. The summed E-state index contributed by atoms with van der Waals surface area (Å²) in [5.74, 6) is -0.864. The number of aliphatic hydroxyl groups excluding tert-OH is 1. The summed E-state index contributed by atoms with van der Waals surface area (Å²) in [6.07, 6.45) is 33.0. The van der Waals surface area contributed by atoms with Crippen LogP contribution < -0.4 is 21.3 Å². The largest absolute Gasteiger partial charge is 0.481 e. The number of unbranched alkanes of at least 4 members (excludes halogenated alkanes) is 16. The van der Waals surface area contributed by atoms with E-state index >= 15 is 0 Å². The van der Waals surface area contributed by atoms with Crippen molar-refractivity contribution < 1.29 is 43.6 Å². The molecule has 0 aliphatic rings. The minimum Gasteiger partial charge on any atom is -0.481 e. The van der Waals surface area contributed by atoms with Gasteiger partial charge in [0.1, 0.15) is 6.61 Å². The number of carbonyl (C=O) groups is 4. The van der Waals surface area contributed by atoms with Crippen molar-refractivity contribution in [2.75, 3.05) is 65.8 Å². The van der Waals surface area contributed by atoms with Gasteiger partial charge in [-0.2, -0.15) is 0 Å². The van der Waals surface area contributed by atoms with E-state index in [1.807, 2.05) is 0 Å². The molecule has 0 aliphatic heterocycles. The van der Waals surface area contributed by atoms with Gasteiger partial charge in [-0.15, -0.1) is 0 Å². The second kappa shape index (κ2) is 49.0. The molecule has 0 aromatic heterocycles. The number of carbonyl (C=O) groups excluding carboxylic acids is 3. The van der Waals surface area contributed by atoms with Gasteiger partial charge in [-0.25, -0.2) is 9.59 Å². The lowest BCUT2D eigenvalue weighted by Gasteiger charge is -2.06. The normalized spacial score (nSPS) is 11.0. The molecule has 0 aromatic rings. The first-order chi connectivity index (χ1) is 27.9. The number of hydrogen-bond donors (Lipinski definition) is 6. The van der Waals surface area contributed by atoms with Crippen molar-refractivity contribution in [3.8, 4) is 0 Å². The number of carboxylic acid groups (broad SMARTS) is 1. The minimum atomic E-state index is -0.696. The Morgan fingerprint density at radius 1 is 0.456 bits per heavy atom. The SMILES string of the molecule is CCCCCNC(=O)NCCCC/C=C\CCCCCCC(=O)O.CCCCCNC(=O)NCCCC/C=C\CCCCCCC(=O)OCCOCCOCCO. The summed E-state index contributed by atoms with van der Waals surface area (Å²) in [6.45, 7) is 9.10. The quantitative estimate of drug-likeness (QED) is 0.0200. The average Bonchev–Trinajstić information content (AvgIpc) is 3.19. The number of amides is 4. The van der Waals surface area contributed by atoms with Crippen LogP contribution in [0.1, 0.15) is 168 Å². The Morgan fingerprint density at radius 2 is 0.825 bits per heavy atom. The molecule has 0 saturated heterocycles. The number of rotatable bonds is 40. The van der Waals surface area contributed by atoms with Crippen LogP contribution in [0.15, 0.2) is 24.3 Å². The molecule has 13 heteroatoms. The lowest BCUT2D eigenvalue weighted by molar-refractivity contribution is -0.145. The maximum Gasteiger partial charge on any atom is 0.314 e. The highest BCUT2D eigenvalue weighted by Crippen LogP contribution is 2.08. The molecule has 6 N–H and O–H groups in total. The van der Waals surface area contributed by atoms with E-state index in [0.717, 1.165) is 161 Å². The third kappa shape index (κ3) is 52.8. The molecular formula is C44H84N4O9.